The molecule has 1 heterocycles. The Kier molecular flexibility index (Phi) is 8.40. The maximum atomic E-state index is 14.7. The summed E-state index contributed by atoms with van der Waals surface area (Å²) in [5.41, 5.74) is -4.21. The average Bonchev–Trinajstić information content (AvgIpc) is 3.28. The number of allylic oxidation sites excluding steroid dienone is 2. The van der Waals surface area contributed by atoms with Crippen LogP contribution in [0.25, 0.3) is 0 Å². The number of aliphatic hydroxyl groups is 4. The normalized spacial score (nSPS) is 46.8. The average molecular weight is 709 g/mol. The SMILES string of the molecule is CC1(C)C2CC[C@]3(C)C(C(=O)C=C4[C@H]5C[C@@](C)(C(=O)OC6=C(O)C(=O)O[C@@H]6[C@@H](O)CO)CC[C@]5(C)CC[C@]43C)[C@@]2(C)CC(P(=O)(O)O)[C@@H]1O. The van der Waals surface area contributed by atoms with Crippen molar-refractivity contribution in [2.45, 2.75) is 124 Å². The summed E-state index contributed by atoms with van der Waals surface area (Å²) in [6.45, 7) is 13.3. The number of cyclic esters (lactones) is 1. The van der Waals surface area contributed by atoms with Gasteiger partial charge >= 0.3 is 19.5 Å². The Morgan fingerprint density at radius 3 is 2.27 bits per heavy atom. The fraction of sp³-hybridized carbons (Fsp3) is 0.806. The highest BCUT2D eigenvalue weighted by atomic mass is 31.2. The van der Waals surface area contributed by atoms with Crippen LogP contribution < -0.4 is 0 Å². The second kappa shape index (κ2) is 11.2. The van der Waals surface area contributed by atoms with Crippen molar-refractivity contribution in [2.24, 2.45) is 50.2 Å². The van der Waals surface area contributed by atoms with Crippen molar-refractivity contribution in [3.05, 3.63) is 23.2 Å². The van der Waals surface area contributed by atoms with Crippen molar-refractivity contribution in [1.29, 1.82) is 0 Å². The first-order valence-corrected chi connectivity index (χ1v) is 19.2. The number of fused-ring (bicyclic) bond motifs is 7. The van der Waals surface area contributed by atoms with E-state index in [1.54, 1.807) is 13.0 Å². The van der Waals surface area contributed by atoms with Crippen molar-refractivity contribution in [3.8, 4) is 0 Å². The molecule has 13 heteroatoms. The molecule has 6 rings (SSSR count). The standard InChI is InChI=1S/C36H53O12P/c1-31(2)23-8-9-36(7)27(34(23,5)16-22(28(31)41)49(44,45)46)20(38)14-18-19-15-33(4,11-10-32(19,3)12-13-35(18,36)6)30(43)48-26-24(40)29(42)47-25(26)21(39)17-37/h14,19,21-23,25,27-28,37,39-41H,8-13,15-17H2,1-7H3,(H2,44,45,46)/t19-,21+,22?,23?,25-,27?,28+,32-,33+,34+,35-,36-/m1/s1. The highest BCUT2D eigenvalue weighted by molar-refractivity contribution is 7.52. The van der Waals surface area contributed by atoms with Gasteiger partial charge in [0.2, 0.25) is 11.5 Å². The van der Waals surface area contributed by atoms with Crippen LogP contribution in [0.3, 0.4) is 0 Å². The Balaban J connectivity index is 1.37. The summed E-state index contributed by atoms with van der Waals surface area (Å²) in [6, 6.07) is 0. The molecule has 0 radical (unpaired) electrons. The number of esters is 2. The van der Waals surface area contributed by atoms with Gasteiger partial charge < -0.3 is 39.7 Å². The summed E-state index contributed by atoms with van der Waals surface area (Å²) in [6.07, 6.45) is 1.99. The van der Waals surface area contributed by atoms with Gasteiger partial charge in [-0.2, -0.15) is 0 Å². The van der Waals surface area contributed by atoms with Crippen molar-refractivity contribution in [1.82, 2.24) is 0 Å². The minimum absolute atomic E-state index is 0.0454. The number of carbonyl (C=O) groups is 3. The Hall–Kier alpha value is -2.08. The lowest BCUT2D eigenvalue weighted by Crippen LogP contribution is -2.68. The van der Waals surface area contributed by atoms with E-state index in [2.05, 4.69) is 20.8 Å². The van der Waals surface area contributed by atoms with E-state index in [0.29, 0.717) is 32.1 Å². The van der Waals surface area contributed by atoms with Gasteiger partial charge in [0.1, 0.15) is 6.10 Å². The van der Waals surface area contributed by atoms with Crippen LogP contribution in [0, 0.1) is 50.2 Å². The molecule has 0 spiro atoms. The van der Waals surface area contributed by atoms with Crippen LogP contribution in [0.1, 0.15) is 99.8 Å². The van der Waals surface area contributed by atoms with E-state index < -0.39 is 94.6 Å². The molecule has 1 aliphatic heterocycles. The van der Waals surface area contributed by atoms with E-state index in [0.717, 1.165) is 18.4 Å². The molecule has 0 amide bonds. The zero-order valence-electron chi connectivity index (χ0n) is 29.6. The van der Waals surface area contributed by atoms with Crippen LogP contribution >= 0.6 is 7.60 Å². The monoisotopic (exact) mass is 708 g/mol. The summed E-state index contributed by atoms with van der Waals surface area (Å²) in [4.78, 5) is 61.5. The fourth-order valence-electron chi connectivity index (χ4n) is 11.9. The van der Waals surface area contributed by atoms with Gasteiger partial charge in [0.25, 0.3) is 0 Å². The second-order valence-corrected chi connectivity index (χ2v) is 19.9. The third-order valence-corrected chi connectivity index (χ3v) is 16.4. The Morgan fingerprint density at radius 1 is 1.02 bits per heavy atom. The number of rotatable bonds is 5. The van der Waals surface area contributed by atoms with Gasteiger partial charge in [-0.15, -0.1) is 0 Å². The topological polar surface area (TPSA) is 208 Å². The molecule has 3 unspecified atom stereocenters. The van der Waals surface area contributed by atoms with Gasteiger partial charge in [0.05, 0.1) is 23.8 Å². The molecule has 274 valence electrons. The van der Waals surface area contributed by atoms with Gasteiger partial charge in [-0.1, -0.05) is 47.1 Å². The van der Waals surface area contributed by atoms with E-state index in [1.165, 1.54) is 0 Å². The number of hydrogen-bond acceptors (Lipinski definition) is 10. The first-order chi connectivity index (χ1) is 22.4. The zero-order valence-corrected chi connectivity index (χ0v) is 30.5. The van der Waals surface area contributed by atoms with Crippen molar-refractivity contribution < 1.29 is 58.6 Å². The Bertz CT molecular complexity index is 1580. The number of aliphatic hydroxyl groups excluding tert-OH is 4. The predicted octanol–water partition coefficient (Wildman–Crippen LogP) is 4.08. The predicted molar refractivity (Wildman–Crippen MR) is 175 cm³/mol. The molecule has 0 saturated heterocycles. The van der Waals surface area contributed by atoms with E-state index >= 15 is 0 Å². The van der Waals surface area contributed by atoms with Crippen LogP contribution in [0.2, 0.25) is 0 Å². The molecule has 5 aliphatic carbocycles. The largest absolute Gasteiger partial charge is 0.499 e. The summed E-state index contributed by atoms with van der Waals surface area (Å²) in [5.74, 6) is -4.24. The van der Waals surface area contributed by atoms with Gasteiger partial charge in [0.15, 0.2) is 11.9 Å². The molecule has 0 aromatic heterocycles. The lowest BCUT2D eigenvalue weighted by molar-refractivity contribution is -0.202. The van der Waals surface area contributed by atoms with Crippen LogP contribution in [0.4, 0.5) is 0 Å². The van der Waals surface area contributed by atoms with Crippen molar-refractivity contribution in [3.63, 3.8) is 0 Å². The fourth-order valence-corrected chi connectivity index (χ4v) is 13.3. The Morgan fingerprint density at radius 2 is 1.65 bits per heavy atom. The van der Waals surface area contributed by atoms with Crippen LogP contribution in [0.15, 0.2) is 23.2 Å². The molecule has 0 aromatic rings. The van der Waals surface area contributed by atoms with E-state index in [-0.39, 0.29) is 29.5 Å². The molecule has 0 aromatic carbocycles. The highest BCUT2D eigenvalue weighted by Crippen LogP contribution is 2.76. The summed E-state index contributed by atoms with van der Waals surface area (Å²) in [7, 11) is -4.69. The molecule has 4 fully saturated rings. The van der Waals surface area contributed by atoms with Crippen LogP contribution in [-0.4, -0.2) is 78.5 Å². The van der Waals surface area contributed by atoms with E-state index in [9.17, 15) is 49.2 Å². The smallest absolute Gasteiger partial charge is 0.378 e. The molecule has 12 atom stereocenters. The molecular formula is C36H53O12P. The molecular weight excluding hydrogens is 655 g/mol. The molecule has 49 heavy (non-hydrogen) atoms. The summed E-state index contributed by atoms with van der Waals surface area (Å²) in [5, 5.41) is 41.2. The van der Waals surface area contributed by atoms with Crippen molar-refractivity contribution in [2.75, 3.05) is 6.61 Å². The number of ketones is 1. The number of ether oxygens (including phenoxy) is 2. The summed E-state index contributed by atoms with van der Waals surface area (Å²) < 4.78 is 23.3. The Labute approximate surface area is 287 Å². The third kappa shape index (κ3) is 5.01. The maximum absolute atomic E-state index is 14.7. The zero-order chi connectivity index (χ0) is 36.5. The second-order valence-electron chi connectivity index (χ2n) is 18.1. The van der Waals surface area contributed by atoms with E-state index in [4.69, 9.17) is 9.47 Å². The molecule has 6 N–H and O–H groups in total. The lowest BCUT2D eigenvalue weighted by atomic mass is 9.33. The van der Waals surface area contributed by atoms with Gasteiger partial charge in [-0.05, 0) is 103 Å². The number of hydrogen-bond donors (Lipinski definition) is 6. The van der Waals surface area contributed by atoms with E-state index in [1.807, 2.05) is 20.8 Å². The van der Waals surface area contributed by atoms with Crippen molar-refractivity contribution >= 4 is 25.3 Å². The van der Waals surface area contributed by atoms with Gasteiger partial charge in [-0.3, -0.25) is 14.2 Å². The summed E-state index contributed by atoms with van der Waals surface area (Å²) >= 11 is 0. The van der Waals surface area contributed by atoms with Gasteiger partial charge in [0, 0.05) is 5.92 Å². The first kappa shape index (κ1) is 36.7. The van der Waals surface area contributed by atoms with Crippen LogP contribution in [0.5, 0.6) is 0 Å². The molecule has 12 nitrogen and oxygen atoms in total. The lowest BCUT2D eigenvalue weighted by Gasteiger charge is -2.71. The van der Waals surface area contributed by atoms with Gasteiger partial charge in [-0.25, -0.2) is 4.79 Å². The first-order valence-electron chi connectivity index (χ1n) is 17.6. The molecule has 6 aliphatic rings. The number of carbonyl (C=O) groups excluding carboxylic acids is 3. The maximum Gasteiger partial charge on any atom is 0.378 e. The van der Waals surface area contributed by atoms with Crippen LogP contribution in [-0.2, 0) is 28.4 Å². The quantitative estimate of drug-likeness (QED) is 0.177. The highest BCUT2D eigenvalue weighted by Gasteiger charge is 2.72. The minimum atomic E-state index is -4.69. The molecule has 4 saturated carbocycles. The third-order valence-electron chi connectivity index (χ3n) is 15.1. The molecule has 0 bridgehead atoms. The minimum Gasteiger partial charge on any atom is -0.499 e.